The van der Waals surface area contributed by atoms with Crippen LogP contribution in [0.25, 0.3) is 0 Å². The van der Waals surface area contributed by atoms with Crippen molar-refractivity contribution in [2.24, 2.45) is 0 Å². The number of morpholine rings is 1. The van der Waals surface area contributed by atoms with Crippen LogP contribution in [0, 0.1) is 0 Å². The van der Waals surface area contributed by atoms with Crippen LogP contribution in [0.2, 0.25) is 0 Å². The van der Waals surface area contributed by atoms with E-state index in [4.69, 9.17) is 19.4 Å². The average molecular weight is 335 g/mol. The number of amides is 1. The molecular formula is C16H25N5O3. The van der Waals surface area contributed by atoms with Gasteiger partial charge in [0.05, 0.1) is 25.5 Å². The molecule has 1 saturated heterocycles. The van der Waals surface area contributed by atoms with Crippen LogP contribution in [0.4, 0.5) is 11.8 Å². The summed E-state index contributed by atoms with van der Waals surface area (Å²) in [6, 6.07) is 0. The number of methoxy groups -OCH3 is 1. The first-order valence-electron chi connectivity index (χ1n) is 8.26. The third-order valence-electron chi connectivity index (χ3n) is 4.36. The van der Waals surface area contributed by atoms with Gasteiger partial charge in [-0.05, 0) is 0 Å². The summed E-state index contributed by atoms with van der Waals surface area (Å²) in [5, 5.41) is 0. The van der Waals surface area contributed by atoms with E-state index in [1.54, 1.807) is 7.11 Å². The lowest BCUT2D eigenvalue weighted by molar-refractivity contribution is -0.136. The highest BCUT2D eigenvalue weighted by atomic mass is 16.5. The topological polar surface area (TPSA) is 71.0 Å². The Morgan fingerprint density at radius 2 is 2.00 bits per heavy atom. The summed E-state index contributed by atoms with van der Waals surface area (Å²) >= 11 is 0. The zero-order chi connectivity index (χ0) is 17.1. The van der Waals surface area contributed by atoms with Gasteiger partial charge in [-0.2, -0.15) is 4.98 Å². The molecule has 0 aliphatic carbocycles. The third-order valence-corrected chi connectivity index (χ3v) is 4.36. The Hall–Kier alpha value is -1.93. The fourth-order valence-electron chi connectivity index (χ4n) is 3.09. The van der Waals surface area contributed by atoms with Gasteiger partial charge in [0.2, 0.25) is 11.9 Å². The zero-order valence-electron chi connectivity index (χ0n) is 14.6. The van der Waals surface area contributed by atoms with Crippen LogP contribution < -0.4 is 9.80 Å². The maximum Gasteiger partial charge on any atom is 0.248 e. The predicted molar refractivity (Wildman–Crippen MR) is 90.4 cm³/mol. The van der Waals surface area contributed by atoms with Crippen molar-refractivity contribution in [3.8, 4) is 0 Å². The van der Waals surface area contributed by atoms with Crippen LogP contribution in [0.15, 0.2) is 0 Å². The number of hydrogen-bond acceptors (Lipinski definition) is 7. The van der Waals surface area contributed by atoms with Crippen LogP contribution in [-0.4, -0.2) is 81.4 Å². The van der Waals surface area contributed by atoms with Crippen LogP contribution in [0.1, 0.15) is 11.3 Å². The van der Waals surface area contributed by atoms with Crippen LogP contribution in [-0.2, 0) is 27.2 Å². The van der Waals surface area contributed by atoms with Gasteiger partial charge in [-0.3, -0.25) is 4.79 Å². The molecule has 2 aliphatic heterocycles. The number of carbonyl (C=O) groups is 1. The standard InChI is InChI=1S/C16H25N5O3/c1-19(2)15-12-10-21(14(22)11-23-3)5-4-13(12)17-16(18-15)20-6-8-24-9-7-20/h4-11H2,1-3H3. The molecule has 0 radical (unpaired) electrons. The van der Waals surface area contributed by atoms with Crippen molar-refractivity contribution in [3.63, 3.8) is 0 Å². The van der Waals surface area contributed by atoms with Gasteiger partial charge < -0.3 is 24.2 Å². The first kappa shape index (κ1) is 16.9. The SMILES string of the molecule is COCC(=O)N1CCc2nc(N3CCOCC3)nc(N(C)C)c2C1. The fraction of sp³-hybridized carbons (Fsp3) is 0.688. The minimum absolute atomic E-state index is 0.00473. The highest BCUT2D eigenvalue weighted by Crippen LogP contribution is 2.28. The molecular weight excluding hydrogens is 310 g/mol. The molecule has 0 bridgehead atoms. The predicted octanol–water partition coefficient (Wildman–Crippen LogP) is -0.0897. The van der Waals surface area contributed by atoms with Gasteiger partial charge in [0.25, 0.3) is 0 Å². The number of aromatic nitrogens is 2. The molecule has 0 unspecified atom stereocenters. The van der Waals surface area contributed by atoms with Crippen molar-refractivity contribution in [1.82, 2.24) is 14.9 Å². The van der Waals surface area contributed by atoms with E-state index in [9.17, 15) is 4.79 Å². The van der Waals surface area contributed by atoms with E-state index in [2.05, 4.69) is 4.90 Å². The Kier molecular flexibility index (Phi) is 5.15. The summed E-state index contributed by atoms with van der Waals surface area (Å²) in [6.07, 6.45) is 0.742. The van der Waals surface area contributed by atoms with Gasteiger partial charge in [0.1, 0.15) is 12.4 Å². The molecule has 1 aromatic rings. The molecule has 3 heterocycles. The number of nitrogens with zero attached hydrogens (tertiary/aromatic N) is 5. The lowest BCUT2D eigenvalue weighted by atomic mass is 10.1. The number of hydrogen-bond donors (Lipinski definition) is 0. The average Bonchev–Trinajstić information content (AvgIpc) is 2.61. The van der Waals surface area contributed by atoms with E-state index in [1.807, 2.05) is 23.9 Å². The van der Waals surface area contributed by atoms with Crippen LogP contribution >= 0.6 is 0 Å². The first-order chi connectivity index (χ1) is 11.6. The van der Waals surface area contributed by atoms with Crippen molar-refractivity contribution in [1.29, 1.82) is 0 Å². The molecule has 1 fully saturated rings. The quantitative estimate of drug-likeness (QED) is 0.761. The van der Waals surface area contributed by atoms with Gasteiger partial charge in [0.15, 0.2) is 0 Å². The summed E-state index contributed by atoms with van der Waals surface area (Å²) in [5.41, 5.74) is 2.07. The minimum Gasteiger partial charge on any atom is -0.378 e. The summed E-state index contributed by atoms with van der Waals surface area (Å²) in [6.45, 7) is 4.34. The third kappa shape index (κ3) is 3.44. The second-order valence-electron chi connectivity index (χ2n) is 6.26. The van der Waals surface area contributed by atoms with Crippen LogP contribution in [0.5, 0.6) is 0 Å². The summed E-state index contributed by atoms with van der Waals surface area (Å²) in [4.78, 5) is 27.7. The normalized spacial score (nSPS) is 17.6. The molecule has 2 aliphatic rings. The molecule has 0 N–H and O–H groups in total. The Morgan fingerprint density at radius 1 is 1.25 bits per heavy atom. The van der Waals surface area contributed by atoms with Crippen molar-refractivity contribution in [2.45, 2.75) is 13.0 Å². The molecule has 0 saturated carbocycles. The second kappa shape index (κ2) is 7.31. The van der Waals surface area contributed by atoms with Gasteiger partial charge in [-0.25, -0.2) is 4.98 Å². The summed E-state index contributed by atoms with van der Waals surface area (Å²) in [5.74, 6) is 1.65. The van der Waals surface area contributed by atoms with Gasteiger partial charge in [-0.1, -0.05) is 0 Å². The first-order valence-corrected chi connectivity index (χ1v) is 8.26. The molecule has 24 heavy (non-hydrogen) atoms. The maximum absolute atomic E-state index is 12.1. The minimum atomic E-state index is 0.00473. The number of ether oxygens (including phenoxy) is 2. The molecule has 0 atom stereocenters. The number of rotatable bonds is 4. The van der Waals surface area contributed by atoms with Gasteiger partial charge in [0, 0.05) is 52.8 Å². The summed E-state index contributed by atoms with van der Waals surface area (Å²) in [7, 11) is 5.49. The van der Waals surface area contributed by atoms with E-state index in [0.717, 1.165) is 42.5 Å². The van der Waals surface area contributed by atoms with E-state index >= 15 is 0 Å². The van der Waals surface area contributed by atoms with E-state index in [1.165, 1.54) is 0 Å². The second-order valence-corrected chi connectivity index (χ2v) is 6.26. The molecule has 3 rings (SSSR count). The van der Waals surface area contributed by atoms with Gasteiger partial charge in [-0.15, -0.1) is 0 Å². The van der Waals surface area contributed by atoms with E-state index in [-0.39, 0.29) is 12.5 Å². The van der Waals surface area contributed by atoms with E-state index in [0.29, 0.717) is 26.3 Å². The highest BCUT2D eigenvalue weighted by molar-refractivity contribution is 5.78. The molecule has 0 spiro atoms. The Bertz CT molecular complexity index is 602. The lowest BCUT2D eigenvalue weighted by Crippen LogP contribution is -2.41. The number of anilines is 2. The molecule has 8 nitrogen and oxygen atoms in total. The molecule has 8 heteroatoms. The van der Waals surface area contributed by atoms with Crippen molar-refractivity contribution < 1.29 is 14.3 Å². The lowest BCUT2D eigenvalue weighted by Gasteiger charge is -2.33. The van der Waals surface area contributed by atoms with E-state index < -0.39 is 0 Å². The smallest absolute Gasteiger partial charge is 0.248 e. The zero-order valence-corrected chi connectivity index (χ0v) is 14.6. The highest BCUT2D eigenvalue weighted by Gasteiger charge is 2.27. The molecule has 1 amide bonds. The number of carbonyl (C=O) groups excluding carboxylic acids is 1. The van der Waals surface area contributed by atoms with Crippen molar-refractivity contribution in [2.75, 3.05) is 70.5 Å². The Balaban J connectivity index is 1.89. The number of fused-ring (bicyclic) bond motifs is 1. The van der Waals surface area contributed by atoms with Gasteiger partial charge >= 0.3 is 0 Å². The van der Waals surface area contributed by atoms with Crippen molar-refractivity contribution >= 4 is 17.7 Å². The van der Waals surface area contributed by atoms with Crippen molar-refractivity contribution in [3.05, 3.63) is 11.3 Å². The Labute approximate surface area is 142 Å². The maximum atomic E-state index is 12.1. The monoisotopic (exact) mass is 335 g/mol. The largest absolute Gasteiger partial charge is 0.378 e. The molecule has 132 valence electrons. The Morgan fingerprint density at radius 3 is 2.67 bits per heavy atom. The molecule has 0 aromatic carbocycles. The van der Waals surface area contributed by atoms with Crippen LogP contribution in [0.3, 0.4) is 0 Å². The summed E-state index contributed by atoms with van der Waals surface area (Å²) < 4.78 is 10.4. The fourth-order valence-corrected chi connectivity index (χ4v) is 3.09. The molecule has 1 aromatic heterocycles.